The number of aryl methyl sites for hydroxylation is 2. The van der Waals surface area contributed by atoms with Crippen LogP contribution in [0.2, 0.25) is 0 Å². The Morgan fingerprint density at radius 2 is 1.94 bits per heavy atom. The lowest BCUT2D eigenvalue weighted by atomic mass is 10.2. The van der Waals surface area contributed by atoms with Crippen molar-refractivity contribution >= 4 is 21.6 Å². The number of benzene rings is 1. The second-order valence-corrected chi connectivity index (χ2v) is 7.09. The molecule has 0 spiro atoms. The number of rotatable bonds is 4. The summed E-state index contributed by atoms with van der Waals surface area (Å²) >= 11 is 5.83. The Labute approximate surface area is 108 Å². The summed E-state index contributed by atoms with van der Waals surface area (Å²) in [7, 11) is -1.89. The van der Waals surface area contributed by atoms with Crippen molar-refractivity contribution in [2.45, 2.75) is 31.0 Å². The second-order valence-electron chi connectivity index (χ2n) is 4.34. The van der Waals surface area contributed by atoms with Gasteiger partial charge in [-0.25, -0.2) is 8.42 Å². The van der Waals surface area contributed by atoms with Crippen molar-refractivity contribution in [2.75, 3.05) is 13.6 Å². The molecule has 1 aromatic carbocycles. The molecule has 0 amide bonds. The van der Waals surface area contributed by atoms with Gasteiger partial charge in [-0.2, -0.15) is 4.31 Å². The lowest BCUT2D eigenvalue weighted by Crippen LogP contribution is -2.31. The molecule has 0 N–H and O–H groups in total. The predicted molar refractivity (Wildman–Crippen MR) is 71.0 cm³/mol. The number of hydrogen-bond donors (Lipinski definition) is 0. The number of nitrogens with zero attached hydrogens (tertiary/aromatic N) is 1. The van der Waals surface area contributed by atoms with E-state index >= 15 is 0 Å². The average molecular weight is 276 g/mol. The Balaban J connectivity index is 3.17. The van der Waals surface area contributed by atoms with Gasteiger partial charge in [-0.15, -0.1) is 11.6 Å². The van der Waals surface area contributed by atoms with Crippen LogP contribution in [-0.4, -0.2) is 31.7 Å². The fourth-order valence-corrected chi connectivity index (χ4v) is 3.46. The van der Waals surface area contributed by atoms with E-state index in [1.54, 1.807) is 27.0 Å². The molecule has 0 bridgehead atoms. The molecule has 0 radical (unpaired) electrons. The van der Waals surface area contributed by atoms with Crippen LogP contribution in [0.15, 0.2) is 23.1 Å². The van der Waals surface area contributed by atoms with Crippen LogP contribution in [0.1, 0.15) is 18.1 Å². The highest BCUT2D eigenvalue weighted by Gasteiger charge is 2.23. The molecule has 0 heterocycles. The van der Waals surface area contributed by atoms with Crippen LogP contribution in [0.5, 0.6) is 0 Å². The normalized spacial score (nSPS) is 14.0. The standard InChI is InChI=1S/C12H18ClNO2S/c1-9-5-6-10(2)12(7-9)17(15,16)14(4)8-11(3)13/h5-7,11H,8H2,1-4H3. The SMILES string of the molecule is Cc1ccc(C)c(S(=O)(=O)N(C)CC(C)Cl)c1. The van der Waals surface area contributed by atoms with E-state index in [9.17, 15) is 8.42 Å². The third-order valence-electron chi connectivity index (χ3n) is 2.54. The third kappa shape index (κ3) is 3.44. The lowest BCUT2D eigenvalue weighted by Gasteiger charge is -2.19. The first kappa shape index (κ1) is 14.5. The minimum absolute atomic E-state index is 0.208. The van der Waals surface area contributed by atoms with Gasteiger partial charge in [-0.1, -0.05) is 12.1 Å². The molecular formula is C12H18ClNO2S. The molecule has 1 rings (SSSR count). The van der Waals surface area contributed by atoms with Crippen LogP contribution in [0.4, 0.5) is 0 Å². The minimum atomic E-state index is -3.44. The molecule has 1 atom stereocenters. The van der Waals surface area contributed by atoms with Crippen LogP contribution in [0.25, 0.3) is 0 Å². The van der Waals surface area contributed by atoms with Crippen molar-refractivity contribution in [1.29, 1.82) is 0 Å². The molecule has 0 saturated heterocycles. The maximum atomic E-state index is 12.3. The van der Waals surface area contributed by atoms with Gasteiger partial charge in [0.15, 0.2) is 0 Å². The zero-order valence-electron chi connectivity index (χ0n) is 10.6. The van der Waals surface area contributed by atoms with Crippen molar-refractivity contribution in [3.05, 3.63) is 29.3 Å². The van der Waals surface area contributed by atoms with Crippen molar-refractivity contribution in [1.82, 2.24) is 4.31 Å². The molecule has 3 nitrogen and oxygen atoms in total. The van der Waals surface area contributed by atoms with Crippen LogP contribution < -0.4 is 0 Å². The molecule has 17 heavy (non-hydrogen) atoms. The molecule has 0 aromatic heterocycles. The van der Waals surface area contributed by atoms with E-state index in [4.69, 9.17) is 11.6 Å². The Hall–Kier alpha value is -0.580. The second kappa shape index (κ2) is 5.38. The molecule has 0 saturated carbocycles. The first-order valence-corrected chi connectivity index (χ1v) is 7.30. The molecule has 5 heteroatoms. The summed E-state index contributed by atoms with van der Waals surface area (Å²) in [6.07, 6.45) is 0. The minimum Gasteiger partial charge on any atom is -0.207 e. The molecule has 0 aliphatic carbocycles. The number of hydrogen-bond acceptors (Lipinski definition) is 2. The van der Waals surface area contributed by atoms with E-state index in [2.05, 4.69) is 0 Å². The molecule has 0 aliphatic heterocycles. The quantitative estimate of drug-likeness (QED) is 0.792. The first-order chi connectivity index (χ1) is 7.75. The van der Waals surface area contributed by atoms with Gasteiger partial charge < -0.3 is 0 Å². The summed E-state index contributed by atoms with van der Waals surface area (Å²) in [5.41, 5.74) is 1.69. The van der Waals surface area contributed by atoms with Gasteiger partial charge in [0.1, 0.15) is 0 Å². The number of sulfonamides is 1. The average Bonchev–Trinajstić information content (AvgIpc) is 2.20. The Bertz CT molecular complexity index is 497. The summed E-state index contributed by atoms with van der Waals surface area (Å²) in [5.74, 6) is 0. The van der Waals surface area contributed by atoms with E-state index in [1.807, 2.05) is 19.1 Å². The van der Waals surface area contributed by atoms with Crippen LogP contribution in [0.3, 0.4) is 0 Å². The highest BCUT2D eigenvalue weighted by Crippen LogP contribution is 2.20. The fraction of sp³-hybridized carbons (Fsp3) is 0.500. The van der Waals surface area contributed by atoms with Gasteiger partial charge in [0.2, 0.25) is 10.0 Å². The molecular weight excluding hydrogens is 258 g/mol. The summed E-state index contributed by atoms with van der Waals surface area (Å²) in [5, 5.41) is -0.208. The van der Waals surface area contributed by atoms with Crippen molar-refractivity contribution in [3.8, 4) is 0 Å². The maximum Gasteiger partial charge on any atom is 0.243 e. The van der Waals surface area contributed by atoms with Crippen molar-refractivity contribution in [3.63, 3.8) is 0 Å². The van der Waals surface area contributed by atoms with Crippen molar-refractivity contribution < 1.29 is 8.42 Å². The van der Waals surface area contributed by atoms with E-state index < -0.39 is 10.0 Å². The van der Waals surface area contributed by atoms with Crippen molar-refractivity contribution in [2.24, 2.45) is 0 Å². The Morgan fingerprint density at radius 1 is 1.35 bits per heavy atom. The molecule has 0 fully saturated rings. The maximum absolute atomic E-state index is 12.3. The highest BCUT2D eigenvalue weighted by atomic mass is 35.5. The molecule has 0 aliphatic rings. The molecule has 1 aromatic rings. The van der Waals surface area contributed by atoms with Gasteiger partial charge in [-0.05, 0) is 38.0 Å². The van der Waals surface area contributed by atoms with Gasteiger partial charge >= 0.3 is 0 Å². The van der Waals surface area contributed by atoms with E-state index in [-0.39, 0.29) is 5.38 Å². The van der Waals surface area contributed by atoms with Crippen LogP contribution in [0, 0.1) is 13.8 Å². The number of halogens is 1. The highest BCUT2D eigenvalue weighted by molar-refractivity contribution is 7.89. The summed E-state index contributed by atoms with van der Waals surface area (Å²) in [4.78, 5) is 0.359. The van der Waals surface area contributed by atoms with E-state index in [0.717, 1.165) is 11.1 Å². The summed E-state index contributed by atoms with van der Waals surface area (Å²) < 4.78 is 25.9. The zero-order valence-corrected chi connectivity index (χ0v) is 12.1. The van der Waals surface area contributed by atoms with Crippen LogP contribution >= 0.6 is 11.6 Å². The predicted octanol–water partition coefficient (Wildman–Crippen LogP) is 2.55. The zero-order chi connectivity index (χ0) is 13.2. The Morgan fingerprint density at radius 3 is 2.47 bits per heavy atom. The van der Waals surface area contributed by atoms with Gasteiger partial charge in [0.05, 0.1) is 4.90 Å². The first-order valence-electron chi connectivity index (χ1n) is 5.43. The van der Waals surface area contributed by atoms with Gasteiger partial charge in [-0.3, -0.25) is 0 Å². The van der Waals surface area contributed by atoms with E-state index in [0.29, 0.717) is 11.4 Å². The lowest BCUT2D eigenvalue weighted by molar-refractivity contribution is 0.470. The van der Waals surface area contributed by atoms with Gasteiger partial charge in [0.25, 0.3) is 0 Å². The van der Waals surface area contributed by atoms with E-state index in [1.165, 1.54) is 4.31 Å². The summed E-state index contributed by atoms with van der Waals surface area (Å²) in [6, 6.07) is 5.42. The van der Waals surface area contributed by atoms with Gasteiger partial charge in [0, 0.05) is 19.0 Å². The molecule has 96 valence electrons. The third-order valence-corrected chi connectivity index (χ3v) is 4.64. The molecule has 1 unspecified atom stereocenters. The summed E-state index contributed by atoms with van der Waals surface area (Å²) in [6.45, 7) is 5.75. The monoisotopic (exact) mass is 275 g/mol. The number of alkyl halides is 1. The Kier molecular flexibility index (Phi) is 4.58. The largest absolute Gasteiger partial charge is 0.243 e. The van der Waals surface area contributed by atoms with Crippen LogP contribution in [-0.2, 0) is 10.0 Å². The fourth-order valence-electron chi connectivity index (χ4n) is 1.61. The topological polar surface area (TPSA) is 37.4 Å². The smallest absolute Gasteiger partial charge is 0.207 e.